The maximum absolute atomic E-state index is 13.4. The molecule has 1 atom stereocenters. The number of hydrogen-bond donors (Lipinski definition) is 3. The molecule has 0 unspecified atom stereocenters. The van der Waals surface area contributed by atoms with Crippen molar-refractivity contribution >= 4 is 40.9 Å². The summed E-state index contributed by atoms with van der Waals surface area (Å²) < 4.78 is 11.2. The van der Waals surface area contributed by atoms with Gasteiger partial charge in [0.15, 0.2) is 11.5 Å². The van der Waals surface area contributed by atoms with Gasteiger partial charge in [0.1, 0.15) is 18.5 Å². The number of amides is 2. The number of nitrogens with one attached hydrogen (secondary N) is 2. The number of benzene rings is 4. The van der Waals surface area contributed by atoms with E-state index in [1.807, 2.05) is 30.3 Å². The summed E-state index contributed by atoms with van der Waals surface area (Å²) in [6, 6.07) is 27.8. The third-order valence-electron chi connectivity index (χ3n) is 5.92. The van der Waals surface area contributed by atoms with E-state index in [4.69, 9.17) is 9.47 Å². The number of aromatic carboxylic acids is 1. The van der Waals surface area contributed by atoms with E-state index in [9.17, 15) is 19.5 Å². The summed E-state index contributed by atoms with van der Waals surface area (Å²) in [4.78, 5) is 38.4. The first-order chi connectivity index (χ1) is 19.0. The van der Waals surface area contributed by atoms with Gasteiger partial charge < -0.3 is 25.2 Å². The van der Waals surface area contributed by atoms with Crippen LogP contribution in [0.1, 0.15) is 31.5 Å². The first kappa shape index (κ1) is 25.9. The molecular formula is C30H24N2O6S. The van der Waals surface area contributed by atoms with Gasteiger partial charge in [-0.15, -0.1) is 11.8 Å². The molecule has 5 rings (SSSR count). The van der Waals surface area contributed by atoms with Gasteiger partial charge in [-0.05, 0) is 54.1 Å². The zero-order valence-corrected chi connectivity index (χ0v) is 21.4. The minimum absolute atomic E-state index is 0.0723. The maximum atomic E-state index is 13.4. The number of ether oxygens (including phenoxy) is 2. The van der Waals surface area contributed by atoms with E-state index < -0.39 is 17.1 Å². The molecule has 4 aromatic rings. The molecule has 8 nitrogen and oxygen atoms in total. The molecule has 0 bridgehead atoms. The minimum Gasteiger partial charge on any atom is -0.486 e. The van der Waals surface area contributed by atoms with Crippen molar-refractivity contribution in [1.82, 2.24) is 0 Å². The molecule has 1 aliphatic heterocycles. The zero-order valence-electron chi connectivity index (χ0n) is 20.6. The minimum atomic E-state index is -1.17. The van der Waals surface area contributed by atoms with E-state index in [1.165, 1.54) is 23.9 Å². The highest BCUT2D eigenvalue weighted by atomic mass is 32.2. The van der Waals surface area contributed by atoms with Crippen LogP contribution in [0.3, 0.4) is 0 Å². The van der Waals surface area contributed by atoms with E-state index in [0.717, 1.165) is 10.5 Å². The number of anilines is 2. The molecule has 0 saturated carbocycles. The third-order valence-corrected chi connectivity index (χ3v) is 7.18. The fourth-order valence-electron chi connectivity index (χ4n) is 4.05. The van der Waals surface area contributed by atoms with Crippen LogP contribution in [-0.2, 0) is 4.79 Å². The highest BCUT2D eigenvalue weighted by molar-refractivity contribution is 8.00. The summed E-state index contributed by atoms with van der Waals surface area (Å²) in [5.74, 6) is -0.660. The summed E-state index contributed by atoms with van der Waals surface area (Å²) in [5, 5.41) is 14.5. The molecule has 1 aliphatic rings. The van der Waals surface area contributed by atoms with Crippen molar-refractivity contribution in [1.29, 1.82) is 0 Å². The molecule has 196 valence electrons. The molecule has 0 saturated heterocycles. The Morgan fingerprint density at radius 3 is 2.08 bits per heavy atom. The standard InChI is InChI=1S/C30H24N2O6S/c33-28(23-8-4-5-9-24(23)30(35)36)31-20-10-13-22(14-11-20)39-27(19-6-2-1-3-7-19)29(34)32-21-12-15-25-26(18-21)38-17-16-37-25/h1-15,18,27H,16-17H2,(H,31,33)(H,32,34)(H,35,36)/t27-/m0/s1. The topological polar surface area (TPSA) is 114 Å². The predicted molar refractivity (Wildman–Crippen MR) is 149 cm³/mol. The van der Waals surface area contributed by atoms with Gasteiger partial charge in [-0.25, -0.2) is 4.79 Å². The molecule has 0 spiro atoms. The van der Waals surface area contributed by atoms with Crippen LogP contribution in [0, 0.1) is 0 Å². The van der Waals surface area contributed by atoms with Crippen LogP contribution in [0.25, 0.3) is 0 Å². The second-order valence-corrected chi connectivity index (χ2v) is 9.76. The number of carbonyl (C=O) groups is 3. The number of carboxylic acids is 1. The molecule has 2 amide bonds. The third kappa shape index (κ3) is 6.22. The van der Waals surface area contributed by atoms with Crippen molar-refractivity contribution in [2.45, 2.75) is 10.1 Å². The molecule has 9 heteroatoms. The Labute approximate surface area is 229 Å². The van der Waals surface area contributed by atoms with Gasteiger partial charge in [0.25, 0.3) is 5.91 Å². The molecule has 0 aliphatic carbocycles. The fraction of sp³-hybridized carbons (Fsp3) is 0.100. The van der Waals surface area contributed by atoms with Crippen LogP contribution in [0.4, 0.5) is 11.4 Å². The van der Waals surface area contributed by atoms with Crippen LogP contribution in [0.2, 0.25) is 0 Å². The van der Waals surface area contributed by atoms with Crippen molar-refractivity contribution in [2.75, 3.05) is 23.8 Å². The SMILES string of the molecule is O=C(O)c1ccccc1C(=O)Nc1ccc(S[C@H](C(=O)Nc2ccc3c(c2)OCCO3)c2ccccc2)cc1. The number of rotatable bonds is 8. The van der Waals surface area contributed by atoms with E-state index in [0.29, 0.717) is 36.1 Å². The van der Waals surface area contributed by atoms with Crippen LogP contribution in [0.5, 0.6) is 11.5 Å². The maximum Gasteiger partial charge on any atom is 0.336 e. The number of fused-ring (bicyclic) bond motifs is 1. The van der Waals surface area contributed by atoms with Gasteiger partial charge in [0.2, 0.25) is 5.91 Å². The van der Waals surface area contributed by atoms with Crippen molar-refractivity contribution in [3.63, 3.8) is 0 Å². The Kier molecular flexibility index (Phi) is 7.79. The van der Waals surface area contributed by atoms with Crippen LogP contribution < -0.4 is 20.1 Å². The summed E-state index contributed by atoms with van der Waals surface area (Å²) in [6.07, 6.45) is 0. The van der Waals surface area contributed by atoms with Crippen LogP contribution in [-0.4, -0.2) is 36.1 Å². The van der Waals surface area contributed by atoms with Gasteiger partial charge >= 0.3 is 5.97 Å². The van der Waals surface area contributed by atoms with Crippen molar-refractivity contribution < 1.29 is 29.0 Å². The molecule has 3 N–H and O–H groups in total. The highest BCUT2D eigenvalue weighted by Gasteiger charge is 2.23. The van der Waals surface area contributed by atoms with Gasteiger partial charge in [-0.3, -0.25) is 9.59 Å². The molecular weight excluding hydrogens is 516 g/mol. The Bertz CT molecular complexity index is 1510. The summed E-state index contributed by atoms with van der Waals surface area (Å²) in [6.45, 7) is 0.943. The average Bonchev–Trinajstić information content (AvgIpc) is 2.97. The van der Waals surface area contributed by atoms with E-state index in [-0.39, 0.29) is 17.0 Å². The fourth-order valence-corrected chi connectivity index (χ4v) is 5.07. The summed E-state index contributed by atoms with van der Waals surface area (Å²) in [5.41, 5.74) is 1.94. The van der Waals surface area contributed by atoms with Gasteiger partial charge in [0, 0.05) is 22.3 Å². The number of hydrogen-bond acceptors (Lipinski definition) is 6. The molecule has 1 heterocycles. The lowest BCUT2D eigenvalue weighted by Crippen LogP contribution is -2.20. The highest BCUT2D eigenvalue weighted by Crippen LogP contribution is 2.38. The molecule has 4 aromatic carbocycles. The smallest absolute Gasteiger partial charge is 0.336 e. The first-order valence-corrected chi connectivity index (χ1v) is 13.0. The molecule has 0 radical (unpaired) electrons. The lowest BCUT2D eigenvalue weighted by Gasteiger charge is -2.20. The van der Waals surface area contributed by atoms with Crippen LogP contribution in [0.15, 0.2) is 102 Å². The Morgan fingerprint density at radius 1 is 0.718 bits per heavy atom. The van der Waals surface area contributed by atoms with Gasteiger partial charge in [0.05, 0.1) is 11.1 Å². The normalized spacial score (nSPS) is 12.7. The number of thioether (sulfide) groups is 1. The zero-order chi connectivity index (χ0) is 27.2. The monoisotopic (exact) mass is 540 g/mol. The Hall–Kier alpha value is -4.76. The quantitative estimate of drug-likeness (QED) is 0.239. The van der Waals surface area contributed by atoms with Crippen molar-refractivity contribution in [3.8, 4) is 11.5 Å². The van der Waals surface area contributed by atoms with Gasteiger partial charge in [-0.1, -0.05) is 42.5 Å². The van der Waals surface area contributed by atoms with Crippen molar-refractivity contribution in [3.05, 3.63) is 114 Å². The Balaban J connectivity index is 1.31. The van der Waals surface area contributed by atoms with Gasteiger partial charge in [-0.2, -0.15) is 0 Å². The largest absolute Gasteiger partial charge is 0.486 e. The number of carboxylic acid groups (broad SMARTS) is 1. The molecule has 0 fully saturated rings. The van der Waals surface area contributed by atoms with Crippen LogP contribution >= 0.6 is 11.8 Å². The van der Waals surface area contributed by atoms with E-state index in [1.54, 1.807) is 54.6 Å². The first-order valence-electron chi connectivity index (χ1n) is 12.1. The average molecular weight is 541 g/mol. The number of carbonyl (C=O) groups excluding carboxylic acids is 2. The Morgan fingerprint density at radius 2 is 1.36 bits per heavy atom. The summed E-state index contributed by atoms with van der Waals surface area (Å²) >= 11 is 1.37. The summed E-state index contributed by atoms with van der Waals surface area (Å²) in [7, 11) is 0. The second-order valence-electron chi connectivity index (χ2n) is 8.59. The molecule has 39 heavy (non-hydrogen) atoms. The molecule has 0 aromatic heterocycles. The second kappa shape index (κ2) is 11.7. The lowest BCUT2D eigenvalue weighted by atomic mass is 10.1. The van der Waals surface area contributed by atoms with E-state index in [2.05, 4.69) is 10.6 Å². The predicted octanol–water partition coefficient (Wildman–Crippen LogP) is 5.88. The van der Waals surface area contributed by atoms with Crippen molar-refractivity contribution in [2.24, 2.45) is 0 Å². The lowest BCUT2D eigenvalue weighted by molar-refractivity contribution is -0.115. The van der Waals surface area contributed by atoms with E-state index >= 15 is 0 Å².